The molecule has 28 heavy (non-hydrogen) atoms. The monoisotopic (exact) mass is 391 g/mol. The first-order chi connectivity index (χ1) is 13.4. The Balaban J connectivity index is 1.61. The van der Waals surface area contributed by atoms with Gasteiger partial charge < -0.3 is 10.1 Å². The Bertz CT molecular complexity index is 850. The Hall–Kier alpha value is -2.64. The molecule has 148 valence electrons. The average molecular weight is 391 g/mol. The van der Waals surface area contributed by atoms with Crippen LogP contribution >= 0.6 is 0 Å². The molecule has 2 fully saturated rings. The number of carbonyl (C=O) groups is 1. The van der Waals surface area contributed by atoms with Gasteiger partial charge in [-0.15, -0.1) is 0 Å². The quantitative estimate of drug-likeness (QED) is 0.769. The molecular formula is C20H20F3N3O2. The van der Waals surface area contributed by atoms with Crippen molar-refractivity contribution < 1.29 is 22.7 Å². The van der Waals surface area contributed by atoms with Crippen molar-refractivity contribution in [3.8, 4) is 5.75 Å². The van der Waals surface area contributed by atoms with E-state index in [-0.39, 0.29) is 17.3 Å². The van der Waals surface area contributed by atoms with Gasteiger partial charge in [-0.25, -0.2) is 4.98 Å². The van der Waals surface area contributed by atoms with Crippen LogP contribution in [0.3, 0.4) is 0 Å². The molecule has 2 aliphatic carbocycles. The first kappa shape index (κ1) is 18.7. The fourth-order valence-corrected chi connectivity index (χ4v) is 3.05. The van der Waals surface area contributed by atoms with Crippen molar-refractivity contribution in [3.63, 3.8) is 0 Å². The molecule has 0 aromatic carbocycles. The van der Waals surface area contributed by atoms with Crippen molar-refractivity contribution in [3.05, 3.63) is 53.6 Å². The largest absolute Gasteiger partial charge is 0.491 e. The fraction of sp³-hybridized carbons (Fsp3) is 0.450. The van der Waals surface area contributed by atoms with E-state index in [1.807, 2.05) is 0 Å². The summed E-state index contributed by atoms with van der Waals surface area (Å²) in [6, 6.07) is 3.77. The summed E-state index contributed by atoms with van der Waals surface area (Å²) >= 11 is 0. The van der Waals surface area contributed by atoms with Gasteiger partial charge in [-0.1, -0.05) is 6.07 Å². The summed E-state index contributed by atoms with van der Waals surface area (Å²) < 4.78 is 46.5. The Morgan fingerprint density at radius 2 is 1.93 bits per heavy atom. The van der Waals surface area contributed by atoms with Crippen LogP contribution in [0.2, 0.25) is 0 Å². The molecule has 0 radical (unpaired) electrons. The molecule has 8 heteroatoms. The van der Waals surface area contributed by atoms with E-state index in [9.17, 15) is 18.0 Å². The van der Waals surface area contributed by atoms with Crippen molar-refractivity contribution in [2.45, 2.75) is 43.8 Å². The van der Waals surface area contributed by atoms with E-state index in [1.165, 1.54) is 30.6 Å². The highest BCUT2D eigenvalue weighted by molar-refractivity contribution is 5.95. The smallest absolute Gasteiger partial charge is 0.414 e. The normalized spacial score (nSPS) is 17.8. The summed E-state index contributed by atoms with van der Waals surface area (Å²) in [6.07, 6.45) is 2.11. The first-order valence-corrected chi connectivity index (χ1v) is 9.33. The summed E-state index contributed by atoms with van der Waals surface area (Å²) in [4.78, 5) is 20.6. The number of hydrogen-bond donors (Lipinski definition) is 1. The third-order valence-electron chi connectivity index (χ3n) is 4.91. The number of nitrogens with one attached hydrogen (secondary N) is 1. The molecule has 1 amide bonds. The van der Waals surface area contributed by atoms with E-state index >= 15 is 0 Å². The zero-order chi connectivity index (χ0) is 19.7. The Kier molecular flexibility index (Phi) is 4.95. The number of nitrogens with zero attached hydrogens (tertiary/aromatic N) is 2. The summed E-state index contributed by atoms with van der Waals surface area (Å²) in [7, 11) is 0. The minimum Gasteiger partial charge on any atom is -0.491 e. The van der Waals surface area contributed by atoms with Crippen LogP contribution in [-0.2, 0) is 0 Å². The van der Waals surface area contributed by atoms with Gasteiger partial charge in [0.2, 0.25) is 0 Å². The van der Waals surface area contributed by atoms with Gasteiger partial charge in [0.05, 0.1) is 12.3 Å². The van der Waals surface area contributed by atoms with Crippen LogP contribution in [0.15, 0.2) is 36.7 Å². The second-order valence-corrected chi connectivity index (χ2v) is 7.31. The Labute approximate surface area is 160 Å². The molecule has 0 unspecified atom stereocenters. The van der Waals surface area contributed by atoms with E-state index in [2.05, 4.69) is 15.3 Å². The Morgan fingerprint density at radius 3 is 2.54 bits per heavy atom. The molecule has 4 rings (SSSR count). The number of hydrogen-bond acceptors (Lipinski definition) is 4. The summed E-state index contributed by atoms with van der Waals surface area (Å²) in [6.45, 7) is 0.453. The van der Waals surface area contributed by atoms with Gasteiger partial charge in [0, 0.05) is 18.0 Å². The number of alkyl halides is 3. The van der Waals surface area contributed by atoms with Gasteiger partial charge in [-0.05, 0) is 55.7 Å². The van der Waals surface area contributed by atoms with Gasteiger partial charge in [-0.2, -0.15) is 13.2 Å². The summed E-state index contributed by atoms with van der Waals surface area (Å²) in [5, 5.41) is 2.05. The maximum atomic E-state index is 13.6. The zero-order valence-corrected chi connectivity index (χ0v) is 15.1. The summed E-state index contributed by atoms with van der Waals surface area (Å²) in [5.41, 5.74) is 0.472. The standard InChI is InChI=1S/C20H20F3N3O2/c21-20(22,23)18(15-3-1-2-9-24-15)26-19(27)16-17(28-11-12-4-5-12)14(8-10-25-16)13-6-7-13/h1-3,8-10,12-13,18H,4-7,11H2,(H,26,27)/t18-/m0/s1. The van der Waals surface area contributed by atoms with Crippen molar-refractivity contribution >= 4 is 5.91 Å². The van der Waals surface area contributed by atoms with Gasteiger partial charge in [0.15, 0.2) is 17.5 Å². The van der Waals surface area contributed by atoms with Gasteiger partial charge in [-0.3, -0.25) is 9.78 Å². The van der Waals surface area contributed by atoms with Crippen LogP contribution in [0.5, 0.6) is 5.75 Å². The second kappa shape index (κ2) is 7.41. The molecule has 2 saturated carbocycles. The molecule has 0 spiro atoms. The molecule has 1 atom stereocenters. The highest BCUT2D eigenvalue weighted by Crippen LogP contribution is 2.45. The van der Waals surface area contributed by atoms with Gasteiger partial charge in [0.25, 0.3) is 5.91 Å². The summed E-state index contributed by atoms with van der Waals surface area (Å²) in [5.74, 6) is 0.121. The van der Waals surface area contributed by atoms with Crippen molar-refractivity contribution in [1.82, 2.24) is 15.3 Å². The lowest BCUT2D eigenvalue weighted by molar-refractivity contribution is -0.156. The number of amides is 1. The molecular weight excluding hydrogens is 371 g/mol. The highest BCUT2D eigenvalue weighted by Gasteiger charge is 2.43. The lowest BCUT2D eigenvalue weighted by Gasteiger charge is -2.22. The highest BCUT2D eigenvalue weighted by atomic mass is 19.4. The van der Waals surface area contributed by atoms with Crippen molar-refractivity contribution in [1.29, 1.82) is 0 Å². The number of aromatic nitrogens is 2. The fourth-order valence-electron chi connectivity index (χ4n) is 3.05. The average Bonchev–Trinajstić information content (AvgIpc) is 3.57. The predicted molar refractivity (Wildman–Crippen MR) is 94.9 cm³/mol. The van der Waals surface area contributed by atoms with Gasteiger partial charge in [0.1, 0.15) is 0 Å². The third-order valence-corrected chi connectivity index (χ3v) is 4.91. The number of ether oxygens (including phenoxy) is 1. The molecule has 5 nitrogen and oxygen atoms in total. The number of pyridine rings is 2. The molecule has 0 bridgehead atoms. The van der Waals surface area contributed by atoms with Crippen LogP contribution in [0.4, 0.5) is 13.2 Å². The van der Waals surface area contributed by atoms with E-state index in [0.29, 0.717) is 18.3 Å². The van der Waals surface area contributed by atoms with Crippen molar-refractivity contribution in [2.75, 3.05) is 6.61 Å². The lowest BCUT2D eigenvalue weighted by atomic mass is 10.1. The molecule has 2 aromatic rings. The minimum atomic E-state index is -4.69. The lowest BCUT2D eigenvalue weighted by Crippen LogP contribution is -2.39. The topological polar surface area (TPSA) is 64.1 Å². The number of halogens is 3. The zero-order valence-electron chi connectivity index (χ0n) is 15.1. The van der Waals surface area contributed by atoms with Crippen LogP contribution in [-0.4, -0.2) is 28.7 Å². The maximum absolute atomic E-state index is 13.6. The third kappa shape index (κ3) is 4.26. The second-order valence-electron chi connectivity index (χ2n) is 7.31. The van der Waals surface area contributed by atoms with Crippen molar-refractivity contribution in [2.24, 2.45) is 5.92 Å². The molecule has 2 heterocycles. The molecule has 2 aliphatic rings. The van der Waals surface area contributed by atoms with E-state index < -0.39 is 18.1 Å². The SMILES string of the molecule is O=C(N[C@@H](c1ccccn1)C(F)(F)F)c1nccc(C2CC2)c1OCC1CC1. The van der Waals surface area contributed by atoms with E-state index in [1.54, 1.807) is 6.07 Å². The van der Waals surface area contributed by atoms with Crippen LogP contribution in [0, 0.1) is 5.92 Å². The number of rotatable bonds is 7. The minimum absolute atomic E-state index is 0.102. The van der Waals surface area contributed by atoms with Crippen LogP contribution in [0.1, 0.15) is 59.4 Å². The predicted octanol–water partition coefficient (Wildman–Crippen LogP) is 4.18. The molecule has 0 aliphatic heterocycles. The van der Waals surface area contributed by atoms with Crippen LogP contribution < -0.4 is 10.1 Å². The number of carbonyl (C=O) groups excluding carboxylic acids is 1. The first-order valence-electron chi connectivity index (χ1n) is 9.33. The molecule has 1 N–H and O–H groups in total. The molecule has 0 saturated heterocycles. The van der Waals surface area contributed by atoms with E-state index in [4.69, 9.17) is 4.74 Å². The van der Waals surface area contributed by atoms with E-state index in [0.717, 1.165) is 31.2 Å². The Morgan fingerprint density at radius 1 is 1.14 bits per heavy atom. The maximum Gasteiger partial charge on any atom is 0.414 e. The van der Waals surface area contributed by atoms with Gasteiger partial charge >= 0.3 is 6.18 Å². The molecule has 2 aromatic heterocycles. The van der Waals surface area contributed by atoms with Crippen LogP contribution in [0.25, 0.3) is 0 Å².